The van der Waals surface area contributed by atoms with Crippen LogP contribution in [0.25, 0.3) is 0 Å². The van der Waals surface area contributed by atoms with E-state index < -0.39 is 11.7 Å². The Balaban J connectivity index is 1.81. The van der Waals surface area contributed by atoms with Crippen molar-refractivity contribution in [3.63, 3.8) is 0 Å². The van der Waals surface area contributed by atoms with E-state index in [9.17, 15) is 13.2 Å². The van der Waals surface area contributed by atoms with Crippen molar-refractivity contribution in [3.05, 3.63) is 42.1 Å². The van der Waals surface area contributed by atoms with Gasteiger partial charge in [-0.1, -0.05) is 0 Å². The number of rotatable bonds is 3. The molecule has 0 amide bonds. The molecular weight excluding hydrogens is 305 g/mol. The Morgan fingerprint density at radius 1 is 1.26 bits per heavy atom. The minimum atomic E-state index is -4.34. The molecule has 0 radical (unpaired) electrons. The number of piperidine rings is 1. The van der Waals surface area contributed by atoms with E-state index in [0.29, 0.717) is 12.4 Å². The van der Waals surface area contributed by atoms with Crippen LogP contribution < -0.4 is 4.90 Å². The average Bonchev–Trinajstić information content (AvgIpc) is 3.03. The quantitative estimate of drug-likeness (QED) is 0.863. The van der Waals surface area contributed by atoms with Crippen LogP contribution in [0.3, 0.4) is 0 Å². The van der Waals surface area contributed by atoms with Gasteiger partial charge in [-0.25, -0.2) is 9.97 Å². The second-order valence-electron chi connectivity index (χ2n) is 5.76. The molecule has 0 aliphatic carbocycles. The van der Waals surface area contributed by atoms with E-state index >= 15 is 0 Å². The molecule has 3 heterocycles. The number of halogens is 3. The van der Waals surface area contributed by atoms with Crippen LogP contribution in [-0.2, 0) is 12.7 Å². The van der Waals surface area contributed by atoms with Gasteiger partial charge in [-0.15, -0.1) is 0 Å². The Morgan fingerprint density at radius 3 is 2.83 bits per heavy atom. The smallest absolute Gasteiger partial charge is 0.356 e. The number of nitrogens with zero attached hydrogens (tertiary/aromatic N) is 4. The maximum Gasteiger partial charge on any atom is 0.416 e. The summed E-state index contributed by atoms with van der Waals surface area (Å²) in [6.45, 7) is 4.26. The second kappa shape index (κ2) is 6.22. The molecule has 124 valence electrons. The maximum atomic E-state index is 12.9. The van der Waals surface area contributed by atoms with Crippen molar-refractivity contribution < 1.29 is 13.2 Å². The molecule has 1 atom stereocenters. The molecule has 1 aliphatic rings. The highest BCUT2D eigenvalue weighted by Gasteiger charge is 2.32. The fraction of sp³-hybridized carbons (Fsp3) is 0.500. The highest BCUT2D eigenvalue weighted by molar-refractivity contribution is 5.43. The van der Waals surface area contributed by atoms with Gasteiger partial charge < -0.3 is 9.47 Å². The van der Waals surface area contributed by atoms with E-state index in [0.717, 1.165) is 43.9 Å². The first kappa shape index (κ1) is 15.8. The predicted molar refractivity (Wildman–Crippen MR) is 81.3 cm³/mol. The van der Waals surface area contributed by atoms with E-state index in [1.54, 1.807) is 6.20 Å². The average molecular weight is 324 g/mol. The zero-order chi connectivity index (χ0) is 16.4. The minimum absolute atomic E-state index is 0.218. The lowest BCUT2D eigenvalue weighted by atomic mass is 9.97. The zero-order valence-electron chi connectivity index (χ0n) is 12.9. The molecule has 4 nitrogen and oxygen atoms in total. The van der Waals surface area contributed by atoms with Crippen LogP contribution in [-0.4, -0.2) is 27.6 Å². The zero-order valence-corrected chi connectivity index (χ0v) is 12.9. The van der Waals surface area contributed by atoms with Crippen LogP contribution in [0.1, 0.15) is 37.1 Å². The monoisotopic (exact) mass is 324 g/mol. The van der Waals surface area contributed by atoms with Gasteiger partial charge in [-0.2, -0.15) is 13.2 Å². The topological polar surface area (TPSA) is 34.0 Å². The molecule has 7 heteroatoms. The van der Waals surface area contributed by atoms with Crippen molar-refractivity contribution in [1.29, 1.82) is 0 Å². The predicted octanol–water partition coefficient (Wildman–Crippen LogP) is 3.70. The van der Waals surface area contributed by atoms with E-state index in [1.807, 2.05) is 11.1 Å². The summed E-state index contributed by atoms with van der Waals surface area (Å²) in [4.78, 5) is 10.5. The van der Waals surface area contributed by atoms with Crippen molar-refractivity contribution in [2.45, 2.75) is 38.4 Å². The summed E-state index contributed by atoms with van der Waals surface area (Å²) in [5.41, 5.74) is -0.653. The van der Waals surface area contributed by atoms with Gasteiger partial charge in [0.2, 0.25) is 0 Å². The number of anilines is 1. The van der Waals surface area contributed by atoms with Crippen molar-refractivity contribution in [2.75, 3.05) is 18.0 Å². The molecule has 3 rings (SSSR count). The summed E-state index contributed by atoms with van der Waals surface area (Å²) in [7, 11) is 0. The van der Waals surface area contributed by atoms with Crippen molar-refractivity contribution in [3.8, 4) is 0 Å². The Hall–Kier alpha value is -2.05. The Morgan fingerprint density at radius 2 is 2.09 bits per heavy atom. The minimum Gasteiger partial charge on any atom is -0.356 e. The van der Waals surface area contributed by atoms with Crippen LogP contribution in [0.4, 0.5) is 19.0 Å². The number of aromatic nitrogens is 3. The van der Waals surface area contributed by atoms with Crippen molar-refractivity contribution >= 4 is 5.82 Å². The summed E-state index contributed by atoms with van der Waals surface area (Å²) in [6.07, 6.45) is 2.52. The number of hydrogen-bond donors (Lipinski definition) is 0. The van der Waals surface area contributed by atoms with E-state index in [2.05, 4.69) is 21.5 Å². The second-order valence-corrected chi connectivity index (χ2v) is 5.76. The molecule has 1 fully saturated rings. The number of pyridine rings is 1. The summed E-state index contributed by atoms with van der Waals surface area (Å²) >= 11 is 0. The SMILES string of the molecule is CCn1ccnc1C1CCCN(c2cc(C(F)(F)F)ccn2)C1. The van der Waals surface area contributed by atoms with Gasteiger partial charge in [0.1, 0.15) is 11.6 Å². The lowest BCUT2D eigenvalue weighted by Crippen LogP contribution is -2.36. The summed E-state index contributed by atoms with van der Waals surface area (Å²) in [6, 6.07) is 2.14. The summed E-state index contributed by atoms with van der Waals surface area (Å²) < 4.78 is 40.7. The summed E-state index contributed by atoms with van der Waals surface area (Å²) in [5.74, 6) is 1.61. The molecule has 0 aromatic carbocycles. The Bertz CT molecular complexity index is 665. The van der Waals surface area contributed by atoms with Crippen LogP contribution in [0.5, 0.6) is 0 Å². The van der Waals surface area contributed by atoms with Crippen LogP contribution in [0, 0.1) is 0 Å². The van der Waals surface area contributed by atoms with Gasteiger partial charge in [0.25, 0.3) is 0 Å². The van der Waals surface area contributed by atoms with Gasteiger partial charge in [0.05, 0.1) is 5.56 Å². The molecule has 2 aromatic rings. The lowest BCUT2D eigenvalue weighted by molar-refractivity contribution is -0.137. The first-order valence-electron chi connectivity index (χ1n) is 7.78. The third-order valence-electron chi connectivity index (χ3n) is 4.27. The number of imidazole rings is 1. The van der Waals surface area contributed by atoms with Crippen LogP contribution >= 0.6 is 0 Å². The fourth-order valence-corrected chi connectivity index (χ4v) is 3.11. The molecular formula is C16H19F3N4. The molecule has 1 unspecified atom stereocenters. The maximum absolute atomic E-state index is 12.9. The van der Waals surface area contributed by atoms with E-state index in [1.165, 1.54) is 6.20 Å². The molecule has 23 heavy (non-hydrogen) atoms. The normalized spacial score (nSPS) is 19.1. The number of hydrogen-bond acceptors (Lipinski definition) is 3. The molecule has 0 saturated carbocycles. The lowest BCUT2D eigenvalue weighted by Gasteiger charge is -2.33. The first-order chi connectivity index (χ1) is 11.0. The summed E-state index contributed by atoms with van der Waals surface area (Å²) in [5, 5.41) is 0. The third kappa shape index (κ3) is 3.33. The van der Waals surface area contributed by atoms with Gasteiger partial charge in [0.15, 0.2) is 0 Å². The van der Waals surface area contributed by atoms with Gasteiger partial charge in [0, 0.05) is 44.1 Å². The largest absolute Gasteiger partial charge is 0.416 e. The molecule has 0 bridgehead atoms. The van der Waals surface area contributed by atoms with Crippen molar-refractivity contribution in [1.82, 2.24) is 14.5 Å². The van der Waals surface area contributed by atoms with Crippen molar-refractivity contribution in [2.24, 2.45) is 0 Å². The van der Waals surface area contributed by atoms with Crippen LogP contribution in [0.15, 0.2) is 30.7 Å². The highest BCUT2D eigenvalue weighted by Crippen LogP contribution is 2.33. The van der Waals surface area contributed by atoms with E-state index in [4.69, 9.17) is 0 Å². The standard InChI is InChI=1S/C16H19F3N4/c1-2-22-9-7-21-15(22)12-4-3-8-23(11-12)14-10-13(5-6-20-14)16(17,18)19/h5-7,9-10,12H,2-4,8,11H2,1H3. The Kier molecular flexibility index (Phi) is 4.28. The van der Waals surface area contributed by atoms with Gasteiger partial charge in [-0.3, -0.25) is 0 Å². The molecule has 0 spiro atoms. The molecule has 0 N–H and O–H groups in total. The molecule has 1 aliphatic heterocycles. The Labute approximate surface area is 133 Å². The van der Waals surface area contributed by atoms with Gasteiger partial charge >= 0.3 is 6.18 Å². The molecule has 1 saturated heterocycles. The highest BCUT2D eigenvalue weighted by atomic mass is 19.4. The number of aryl methyl sites for hydroxylation is 1. The third-order valence-corrected chi connectivity index (χ3v) is 4.27. The molecule has 2 aromatic heterocycles. The van der Waals surface area contributed by atoms with Gasteiger partial charge in [-0.05, 0) is 31.9 Å². The first-order valence-corrected chi connectivity index (χ1v) is 7.78. The van der Waals surface area contributed by atoms with E-state index in [-0.39, 0.29) is 5.92 Å². The number of alkyl halides is 3. The fourth-order valence-electron chi connectivity index (χ4n) is 3.11. The van der Waals surface area contributed by atoms with Crippen LogP contribution in [0.2, 0.25) is 0 Å².